The Bertz CT molecular complexity index is 1040. The monoisotopic (exact) mass is 395 g/mol. The number of para-hydroxylation sites is 1. The fraction of sp³-hybridized carbons (Fsp3) is 0.333. The zero-order valence-corrected chi connectivity index (χ0v) is 15.9. The largest absolute Gasteiger partial charge is 0.348 e. The summed E-state index contributed by atoms with van der Waals surface area (Å²) in [7, 11) is 0. The van der Waals surface area contributed by atoms with Gasteiger partial charge in [-0.05, 0) is 42.5 Å². The number of nitrogens with zero attached hydrogens (tertiary/aromatic N) is 4. The molecular formula is C21H22FN5O2. The van der Waals surface area contributed by atoms with Crippen LogP contribution in [0.25, 0.3) is 5.69 Å². The van der Waals surface area contributed by atoms with Crippen molar-refractivity contribution in [2.45, 2.75) is 25.7 Å². The van der Waals surface area contributed by atoms with Crippen molar-refractivity contribution < 1.29 is 9.18 Å². The minimum Gasteiger partial charge on any atom is -0.342 e. The average Bonchev–Trinajstić information content (AvgIpc) is 3.09. The summed E-state index contributed by atoms with van der Waals surface area (Å²) in [5, 5.41) is 6.54. The fourth-order valence-electron chi connectivity index (χ4n) is 3.78. The van der Waals surface area contributed by atoms with Gasteiger partial charge in [0.15, 0.2) is 0 Å². The summed E-state index contributed by atoms with van der Waals surface area (Å²) in [6.45, 7) is 1.33. The topological polar surface area (TPSA) is 83.9 Å². The van der Waals surface area contributed by atoms with E-state index in [2.05, 4.69) is 15.2 Å². The van der Waals surface area contributed by atoms with Crippen molar-refractivity contribution >= 4 is 5.91 Å². The van der Waals surface area contributed by atoms with Gasteiger partial charge in [0.25, 0.3) is 0 Å². The van der Waals surface area contributed by atoms with Crippen molar-refractivity contribution in [1.82, 2.24) is 24.6 Å². The molecule has 0 saturated carbocycles. The number of aromatic amines is 1. The highest BCUT2D eigenvalue weighted by molar-refractivity contribution is 5.78. The SMILES string of the molecule is O=C(Cc1cccnc1)N1CCC(Cc2n[nH]c(=O)n2-c2ccccc2F)CC1. The first-order valence-corrected chi connectivity index (χ1v) is 9.69. The quantitative estimate of drug-likeness (QED) is 0.717. The third kappa shape index (κ3) is 4.26. The van der Waals surface area contributed by atoms with Gasteiger partial charge in [-0.3, -0.25) is 9.78 Å². The number of benzene rings is 1. The fourth-order valence-corrected chi connectivity index (χ4v) is 3.78. The number of piperidine rings is 1. The maximum Gasteiger partial charge on any atom is 0.348 e. The number of aromatic nitrogens is 4. The Labute approximate surface area is 167 Å². The molecule has 3 aromatic rings. The average molecular weight is 395 g/mol. The number of likely N-dealkylation sites (tertiary alicyclic amines) is 1. The van der Waals surface area contributed by atoms with E-state index in [-0.39, 0.29) is 17.5 Å². The van der Waals surface area contributed by atoms with Crippen LogP contribution >= 0.6 is 0 Å². The smallest absolute Gasteiger partial charge is 0.342 e. The van der Waals surface area contributed by atoms with Gasteiger partial charge in [0, 0.05) is 31.9 Å². The van der Waals surface area contributed by atoms with E-state index in [1.165, 1.54) is 10.6 Å². The molecule has 0 atom stereocenters. The van der Waals surface area contributed by atoms with Crippen LogP contribution in [0.2, 0.25) is 0 Å². The van der Waals surface area contributed by atoms with Crippen LogP contribution < -0.4 is 5.69 Å². The molecule has 3 heterocycles. The predicted octanol–water partition coefficient (Wildman–Crippen LogP) is 2.12. The summed E-state index contributed by atoms with van der Waals surface area (Å²) in [6.07, 6.45) is 5.94. The first kappa shape index (κ1) is 19.0. The molecule has 1 amide bonds. The van der Waals surface area contributed by atoms with E-state index in [4.69, 9.17) is 0 Å². The second kappa shape index (κ2) is 8.38. The molecular weight excluding hydrogens is 373 g/mol. The predicted molar refractivity (Wildman–Crippen MR) is 105 cm³/mol. The van der Waals surface area contributed by atoms with Gasteiger partial charge < -0.3 is 4.90 Å². The van der Waals surface area contributed by atoms with Crippen molar-refractivity contribution in [3.05, 3.63) is 76.5 Å². The molecule has 0 bridgehead atoms. The Morgan fingerprint density at radius 3 is 2.69 bits per heavy atom. The van der Waals surface area contributed by atoms with Crippen molar-refractivity contribution in [2.75, 3.05) is 13.1 Å². The number of carbonyl (C=O) groups is 1. The molecule has 0 unspecified atom stereocenters. The van der Waals surface area contributed by atoms with Gasteiger partial charge in [-0.25, -0.2) is 18.9 Å². The van der Waals surface area contributed by atoms with Crippen LogP contribution in [0.15, 0.2) is 53.6 Å². The molecule has 1 aliphatic heterocycles. The number of hydrogen-bond acceptors (Lipinski definition) is 4. The number of hydrogen-bond donors (Lipinski definition) is 1. The Hall–Kier alpha value is -3.29. The first-order valence-electron chi connectivity index (χ1n) is 9.69. The lowest BCUT2D eigenvalue weighted by atomic mass is 9.93. The second-order valence-corrected chi connectivity index (χ2v) is 7.30. The lowest BCUT2D eigenvalue weighted by molar-refractivity contribution is -0.131. The van der Waals surface area contributed by atoms with Crippen LogP contribution in [0, 0.1) is 11.7 Å². The summed E-state index contributed by atoms with van der Waals surface area (Å²) in [6, 6.07) is 9.89. The maximum absolute atomic E-state index is 14.2. The van der Waals surface area contributed by atoms with Gasteiger partial charge in [-0.15, -0.1) is 0 Å². The molecule has 8 heteroatoms. The standard InChI is InChI=1S/C21H22FN5O2/c22-17-5-1-2-6-18(17)27-19(24-25-21(27)29)12-15-7-10-26(11-8-15)20(28)13-16-4-3-9-23-14-16/h1-6,9,14-15H,7-8,10-13H2,(H,25,29). The zero-order chi connectivity index (χ0) is 20.2. The van der Waals surface area contributed by atoms with Gasteiger partial charge in [-0.1, -0.05) is 18.2 Å². The highest BCUT2D eigenvalue weighted by Crippen LogP contribution is 2.22. The van der Waals surface area contributed by atoms with Crippen molar-refractivity contribution in [1.29, 1.82) is 0 Å². The van der Waals surface area contributed by atoms with Crippen LogP contribution in [0.4, 0.5) is 4.39 Å². The molecule has 0 aliphatic carbocycles. The number of carbonyl (C=O) groups excluding carboxylic acids is 1. The van der Waals surface area contributed by atoms with Gasteiger partial charge in [0.2, 0.25) is 5.91 Å². The lowest BCUT2D eigenvalue weighted by Crippen LogP contribution is -2.40. The third-order valence-corrected chi connectivity index (χ3v) is 5.35. The number of halogens is 1. The van der Waals surface area contributed by atoms with Crippen LogP contribution in [-0.2, 0) is 17.6 Å². The highest BCUT2D eigenvalue weighted by atomic mass is 19.1. The second-order valence-electron chi connectivity index (χ2n) is 7.30. The number of rotatable bonds is 5. The lowest BCUT2D eigenvalue weighted by Gasteiger charge is -2.32. The van der Waals surface area contributed by atoms with E-state index < -0.39 is 11.5 Å². The molecule has 2 aromatic heterocycles. The van der Waals surface area contributed by atoms with E-state index in [0.29, 0.717) is 31.8 Å². The summed E-state index contributed by atoms with van der Waals surface area (Å²) < 4.78 is 15.5. The van der Waals surface area contributed by atoms with Gasteiger partial charge >= 0.3 is 5.69 Å². The molecule has 1 aromatic carbocycles. The summed E-state index contributed by atoms with van der Waals surface area (Å²) >= 11 is 0. The molecule has 1 aliphatic rings. The minimum absolute atomic E-state index is 0.0967. The van der Waals surface area contributed by atoms with Gasteiger partial charge in [0.1, 0.15) is 11.6 Å². The number of amides is 1. The third-order valence-electron chi connectivity index (χ3n) is 5.35. The molecule has 4 rings (SSSR count). The number of pyridine rings is 1. The van der Waals surface area contributed by atoms with Crippen molar-refractivity contribution in [3.63, 3.8) is 0 Å². The Morgan fingerprint density at radius 2 is 1.97 bits per heavy atom. The minimum atomic E-state index is -0.465. The molecule has 150 valence electrons. The van der Waals surface area contributed by atoms with Crippen molar-refractivity contribution in [2.24, 2.45) is 5.92 Å². The van der Waals surface area contributed by atoms with Crippen LogP contribution in [0.3, 0.4) is 0 Å². The van der Waals surface area contributed by atoms with E-state index >= 15 is 0 Å². The molecule has 1 fully saturated rings. The van der Waals surface area contributed by atoms with E-state index in [1.54, 1.807) is 30.6 Å². The summed E-state index contributed by atoms with van der Waals surface area (Å²) in [5.41, 5.74) is 0.657. The molecule has 1 saturated heterocycles. The summed E-state index contributed by atoms with van der Waals surface area (Å²) in [4.78, 5) is 30.6. The molecule has 0 spiro atoms. The molecule has 0 radical (unpaired) electrons. The summed E-state index contributed by atoms with van der Waals surface area (Å²) in [5.74, 6) is 0.422. The van der Waals surface area contributed by atoms with Gasteiger partial charge in [0.05, 0.1) is 12.1 Å². The van der Waals surface area contributed by atoms with Crippen molar-refractivity contribution in [3.8, 4) is 5.69 Å². The first-order chi connectivity index (χ1) is 14.1. The number of nitrogens with one attached hydrogen (secondary N) is 1. The van der Waals surface area contributed by atoms with E-state index in [1.807, 2.05) is 17.0 Å². The van der Waals surface area contributed by atoms with Gasteiger partial charge in [-0.2, -0.15) is 5.10 Å². The Kier molecular flexibility index (Phi) is 5.50. The molecule has 1 N–H and O–H groups in total. The van der Waals surface area contributed by atoms with Crippen LogP contribution in [0.1, 0.15) is 24.2 Å². The maximum atomic E-state index is 14.2. The number of H-pyrrole nitrogens is 1. The Morgan fingerprint density at radius 1 is 1.17 bits per heavy atom. The normalized spacial score (nSPS) is 14.9. The van der Waals surface area contributed by atoms with E-state index in [9.17, 15) is 14.0 Å². The Balaban J connectivity index is 1.39. The van der Waals surface area contributed by atoms with Crippen LogP contribution in [-0.4, -0.2) is 43.6 Å². The van der Waals surface area contributed by atoms with Crippen LogP contribution in [0.5, 0.6) is 0 Å². The molecule has 29 heavy (non-hydrogen) atoms. The highest BCUT2D eigenvalue weighted by Gasteiger charge is 2.25. The molecule has 7 nitrogen and oxygen atoms in total. The zero-order valence-electron chi connectivity index (χ0n) is 15.9. The van der Waals surface area contributed by atoms with E-state index in [0.717, 1.165) is 18.4 Å².